The maximum absolute atomic E-state index is 13.7. The van der Waals surface area contributed by atoms with E-state index in [1.165, 1.54) is 4.90 Å². The molecule has 0 aliphatic heterocycles. The highest BCUT2D eigenvalue weighted by Crippen LogP contribution is 2.26. The Labute approximate surface area is 229 Å². The summed E-state index contributed by atoms with van der Waals surface area (Å²) < 4.78 is 27.5. The molecule has 1 atom stereocenters. The number of amides is 2. The Morgan fingerprint density at radius 2 is 1.70 bits per heavy atom. The molecule has 1 N–H and O–H groups in total. The Hall–Kier alpha value is -2.39. The molecule has 9 heteroatoms. The van der Waals surface area contributed by atoms with Crippen LogP contribution >= 0.6 is 15.9 Å². The lowest BCUT2D eigenvalue weighted by molar-refractivity contribution is -0.139. The van der Waals surface area contributed by atoms with E-state index in [4.69, 9.17) is 0 Å². The number of halogens is 1. The van der Waals surface area contributed by atoms with Crippen LogP contribution in [0.1, 0.15) is 64.5 Å². The molecule has 202 valence electrons. The first-order valence-corrected chi connectivity index (χ1v) is 15.3. The summed E-state index contributed by atoms with van der Waals surface area (Å²) in [7, 11) is -3.76. The van der Waals surface area contributed by atoms with Gasteiger partial charge in [0.1, 0.15) is 12.6 Å². The summed E-state index contributed by atoms with van der Waals surface area (Å²) in [4.78, 5) is 28.3. The van der Waals surface area contributed by atoms with E-state index in [9.17, 15) is 18.0 Å². The van der Waals surface area contributed by atoms with Crippen molar-refractivity contribution in [3.63, 3.8) is 0 Å². The van der Waals surface area contributed by atoms with Gasteiger partial charge in [-0.2, -0.15) is 0 Å². The molecule has 0 unspecified atom stereocenters. The van der Waals surface area contributed by atoms with Crippen LogP contribution in [0.4, 0.5) is 5.69 Å². The fraction of sp³-hybridized carbons (Fsp3) is 0.500. The molecule has 0 spiro atoms. The average molecular weight is 593 g/mol. The van der Waals surface area contributed by atoms with Gasteiger partial charge in [-0.1, -0.05) is 73.8 Å². The first-order chi connectivity index (χ1) is 17.3. The minimum Gasteiger partial charge on any atom is -0.352 e. The van der Waals surface area contributed by atoms with Gasteiger partial charge in [-0.3, -0.25) is 13.9 Å². The second-order valence-electron chi connectivity index (χ2n) is 10.9. The number of hydrogen-bond donors (Lipinski definition) is 1. The fourth-order valence-corrected chi connectivity index (χ4v) is 5.84. The SMILES string of the molecule is C[C@@H](C(=O)NC1CCCC1)N(Cc1cccc(Br)c1)C(=O)CN(c1ccc(C(C)(C)C)cc1)S(C)(=O)=O. The maximum Gasteiger partial charge on any atom is 0.244 e. The molecule has 1 saturated carbocycles. The van der Waals surface area contributed by atoms with Crippen LogP contribution in [-0.4, -0.2) is 50.0 Å². The molecule has 0 saturated heterocycles. The zero-order chi connectivity index (χ0) is 27.4. The highest BCUT2D eigenvalue weighted by atomic mass is 79.9. The molecule has 7 nitrogen and oxygen atoms in total. The van der Waals surface area contributed by atoms with E-state index in [1.807, 2.05) is 36.4 Å². The van der Waals surface area contributed by atoms with Crippen LogP contribution in [0.25, 0.3) is 0 Å². The Kier molecular flexibility index (Phi) is 9.45. The van der Waals surface area contributed by atoms with Gasteiger partial charge < -0.3 is 10.2 Å². The van der Waals surface area contributed by atoms with Crippen molar-refractivity contribution in [2.24, 2.45) is 0 Å². The summed E-state index contributed by atoms with van der Waals surface area (Å²) in [6.45, 7) is 7.72. The van der Waals surface area contributed by atoms with Crippen molar-refractivity contribution in [2.45, 2.75) is 77.4 Å². The van der Waals surface area contributed by atoms with Crippen molar-refractivity contribution >= 4 is 43.5 Å². The normalized spacial score (nSPS) is 15.3. The molecule has 3 rings (SSSR count). The Morgan fingerprint density at radius 3 is 2.24 bits per heavy atom. The molecule has 0 aromatic heterocycles. The second-order valence-corrected chi connectivity index (χ2v) is 13.7. The number of hydrogen-bond acceptors (Lipinski definition) is 4. The fourth-order valence-electron chi connectivity index (χ4n) is 4.55. The lowest BCUT2D eigenvalue weighted by atomic mass is 9.87. The number of carbonyl (C=O) groups excluding carboxylic acids is 2. The molecule has 2 aromatic rings. The van der Waals surface area contributed by atoms with Crippen molar-refractivity contribution in [2.75, 3.05) is 17.1 Å². The summed E-state index contributed by atoms with van der Waals surface area (Å²) in [5.41, 5.74) is 2.22. The number of sulfonamides is 1. The van der Waals surface area contributed by atoms with Crippen molar-refractivity contribution in [1.29, 1.82) is 0 Å². The number of anilines is 1. The molecular weight excluding hydrogens is 554 g/mol. The molecule has 1 aliphatic carbocycles. The Bertz CT molecular complexity index is 1200. The molecular formula is C28H38BrN3O4S. The number of nitrogens with one attached hydrogen (secondary N) is 1. The number of benzene rings is 2. The largest absolute Gasteiger partial charge is 0.352 e. The molecule has 1 fully saturated rings. The van der Waals surface area contributed by atoms with E-state index < -0.39 is 28.5 Å². The van der Waals surface area contributed by atoms with Gasteiger partial charge in [0.25, 0.3) is 0 Å². The van der Waals surface area contributed by atoms with Crippen molar-refractivity contribution < 1.29 is 18.0 Å². The van der Waals surface area contributed by atoms with E-state index in [2.05, 4.69) is 42.0 Å². The van der Waals surface area contributed by atoms with Gasteiger partial charge in [0.05, 0.1) is 11.9 Å². The maximum atomic E-state index is 13.7. The number of carbonyl (C=O) groups is 2. The van der Waals surface area contributed by atoms with Crippen LogP contribution in [-0.2, 0) is 31.6 Å². The highest BCUT2D eigenvalue weighted by Gasteiger charge is 2.31. The molecule has 0 radical (unpaired) electrons. The van der Waals surface area contributed by atoms with Gasteiger partial charge in [0.15, 0.2) is 0 Å². The minimum atomic E-state index is -3.76. The van der Waals surface area contributed by atoms with Crippen LogP contribution in [0, 0.1) is 0 Å². The summed E-state index contributed by atoms with van der Waals surface area (Å²) >= 11 is 3.46. The third kappa shape index (κ3) is 8.04. The van der Waals surface area contributed by atoms with Crippen LogP contribution in [0.15, 0.2) is 53.0 Å². The van der Waals surface area contributed by atoms with Crippen LogP contribution < -0.4 is 9.62 Å². The first kappa shape index (κ1) is 29.2. The topological polar surface area (TPSA) is 86.8 Å². The summed E-state index contributed by atoms with van der Waals surface area (Å²) in [6.07, 6.45) is 5.12. The predicted octanol–water partition coefficient (Wildman–Crippen LogP) is 4.99. The van der Waals surface area contributed by atoms with E-state index in [0.29, 0.717) is 5.69 Å². The zero-order valence-corrected chi connectivity index (χ0v) is 24.7. The van der Waals surface area contributed by atoms with Gasteiger partial charge >= 0.3 is 0 Å². The van der Waals surface area contributed by atoms with Crippen LogP contribution in [0.5, 0.6) is 0 Å². The van der Waals surface area contributed by atoms with E-state index in [0.717, 1.165) is 51.8 Å². The van der Waals surface area contributed by atoms with E-state index >= 15 is 0 Å². The third-order valence-corrected chi connectivity index (χ3v) is 8.45. The molecule has 37 heavy (non-hydrogen) atoms. The van der Waals surface area contributed by atoms with Gasteiger partial charge in [0.2, 0.25) is 21.8 Å². The smallest absolute Gasteiger partial charge is 0.244 e. The molecule has 0 bridgehead atoms. The van der Waals surface area contributed by atoms with Gasteiger partial charge in [0, 0.05) is 17.1 Å². The van der Waals surface area contributed by atoms with Gasteiger partial charge in [-0.25, -0.2) is 8.42 Å². The third-order valence-electron chi connectivity index (χ3n) is 6.81. The van der Waals surface area contributed by atoms with Gasteiger partial charge in [-0.05, 0) is 60.6 Å². The van der Waals surface area contributed by atoms with Crippen LogP contribution in [0.3, 0.4) is 0 Å². The number of rotatable bonds is 9. The highest BCUT2D eigenvalue weighted by molar-refractivity contribution is 9.10. The Balaban J connectivity index is 1.88. The lowest BCUT2D eigenvalue weighted by Crippen LogP contribution is -2.52. The molecule has 2 aromatic carbocycles. The minimum absolute atomic E-state index is 0.0901. The second kappa shape index (κ2) is 12.0. The van der Waals surface area contributed by atoms with E-state index in [1.54, 1.807) is 19.1 Å². The van der Waals surface area contributed by atoms with Crippen LogP contribution in [0.2, 0.25) is 0 Å². The Morgan fingerprint density at radius 1 is 1.08 bits per heavy atom. The van der Waals surface area contributed by atoms with Crippen molar-refractivity contribution in [1.82, 2.24) is 10.2 Å². The monoisotopic (exact) mass is 591 g/mol. The van der Waals surface area contributed by atoms with Crippen molar-refractivity contribution in [3.05, 3.63) is 64.1 Å². The molecule has 1 aliphatic rings. The predicted molar refractivity (Wildman–Crippen MR) is 152 cm³/mol. The molecule has 2 amide bonds. The lowest BCUT2D eigenvalue weighted by Gasteiger charge is -2.32. The standard InChI is InChI=1S/C28H38BrN3O4S/c1-20(27(34)30-24-11-6-7-12-24)31(18-21-9-8-10-23(29)17-21)26(33)19-32(37(5,35)36)25-15-13-22(14-16-25)28(2,3)4/h8-10,13-17,20,24H,6-7,11-12,18-19H2,1-5H3,(H,30,34)/t20-/m0/s1. The summed E-state index contributed by atoms with van der Waals surface area (Å²) in [5.74, 6) is -0.671. The van der Waals surface area contributed by atoms with Gasteiger partial charge in [-0.15, -0.1) is 0 Å². The molecule has 0 heterocycles. The van der Waals surface area contributed by atoms with Crippen molar-refractivity contribution in [3.8, 4) is 0 Å². The zero-order valence-electron chi connectivity index (χ0n) is 22.3. The summed E-state index contributed by atoms with van der Waals surface area (Å²) in [5, 5.41) is 3.07. The average Bonchev–Trinajstić information content (AvgIpc) is 3.32. The first-order valence-electron chi connectivity index (χ1n) is 12.7. The summed E-state index contributed by atoms with van der Waals surface area (Å²) in [6, 6.07) is 14.1. The number of nitrogens with zero attached hydrogens (tertiary/aromatic N) is 2. The van der Waals surface area contributed by atoms with E-state index in [-0.39, 0.29) is 23.9 Å². The quantitative estimate of drug-likeness (QED) is 0.445.